The number of nitrogens with one attached hydrogen (secondary N) is 1. The lowest BCUT2D eigenvalue weighted by Gasteiger charge is -2.13. The van der Waals surface area contributed by atoms with Gasteiger partial charge in [-0.05, 0) is 37.6 Å². The zero-order valence-electron chi connectivity index (χ0n) is 9.90. The molecule has 1 unspecified atom stereocenters. The topological polar surface area (TPSA) is 24.9 Å². The first-order valence-electron chi connectivity index (χ1n) is 5.65. The maximum Gasteiger partial charge on any atom is 0.129 e. The quantitative estimate of drug-likeness (QED) is 0.823. The van der Waals surface area contributed by atoms with Gasteiger partial charge in [-0.15, -0.1) is 11.3 Å². The zero-order chi connectivity index (χ0) is 12.3. The molecule has 0 aromatic carbocycles. The van der Waals surface area contributed by atoms with Crippen molar-refractivity contribution in [2.75, 3.05) is 5.32 Å². The Balaban J connectivity index is 2.05. The van der Waals surface area contributed by atoms with Gasteiger partial charge in [-0.2, -0.15) is 0 Å². The van der Waals surface area contributed by atoms with Crippen LogP contribution < -0.4 is 5.32 Å². The fourth-order valence-electron chi connectivity index (χ4n) is 1.60. The number of aryl methyl sites for hydroxylation is 1. The van der Waals surface area contributed by atoms with Crippen LogP contribution in [0.4, 0.5) is 5.69 Å². The molecule has 2 aromatic rings. The van der Waals surface area contributed by atoms with E-state index < -0.39 is 0 Å². The molecule has 0 aliphatic carbocycles. The van der Waals surface area contributed by atoms with Crippen LogP contribution in [-0.4, -0.2) is 4.98 Å². The number of hydrogen-bond donors (Lipinski definition) is 1. The lowest BCUT2D eigenvalue weighted by molar-refractivity contribution is 0.906. The molecule has 2 rings (SSSR count). The summed E-state index contributed by atoms with van der Waals surface area (Å²) in [6, 6.07) is 8.41. The Morgan fingerprint density at radius 3 is 2.76 bits per heavy atom. The lowest BCUT2D eigenvalue weighted by Crippen LogP contribution is -2.04. The van der Waals surface area contributed by atoms with Crippen LogP contribution in [0.3, 0.4) is 0 Å². The Hall–Kier alpha value is -1.06. The number of halogens is 1. The van der Waals surface area contributed by atoms with Crippen molar-refractivity contribution in [3.63, 3.8) is 0 Å². The van der Waals surface area contributed by atoms with Gasteiger partial charge in [-0.25, -0.2) is 4.98 Å². The predicted octanol–water partition coefficient (Wildman–Crippen LogP) is 4.53. The van der Waals surface area contributed by atoms with Crippen LogP contribution in [0, 0.1) is 0 Å². The molecule has 0 saturated carbocycles. The summed E-state index contributed by atoms with van der Waals surface area (Å²) in [5, 5.41) is 3.93. The number of nitrogens with zero attached hydrogens (tertiary/aromatic N) is 1. The Morgan fingerprint density at radius 1 is 1.35 bits per heavy atom. The first kappa shape index (κ1) is 12.4. The summed E-state index contributed by atoms with van der Waals surface area (Å²) in [6.45, 7) is 4.33. The first-order chi connectivity index (χ1) is 8.19. The maximum atomic E-state index is 5.75. The fraction of sp³-hybridized carbons (Fsp3) is 0.308. The summed E-state index contributed by atoms with van der Waals surface area (Å²) in [6.07, 6.45) is 2.85. The van der Waals surface area contributed by atoms with E-state index in [-0.39, 0.29) is 0 Å². The second-order valence-electron chi connectivity index (χ2n) is 3.89. The molecule has 0 spiro atoms. The maximum absolute atomic E-state index is 5.75. The molecule has 0 radical (unpaired) electrons. The van der Waals surface area contributed by atoms with E-state index in [1.807, 2.05) is 17.4 Å². The van der Waals surface area contributed by atoms with E-state index in [0.717, 1.165) is 12.1 Å². The molecule has 0 bridgehead atoms. The van der Waals surface area contributed by atoms with E-state index in [1.54, 1.807) is 12.3 Å². The molecule has 0 aliphatic rings. The Kier molecular flexibility index (Phi) is 4.02. The van der Waals surface area contributed by atoms with E-state index in [9.17, 15) is 0 Å². The molecule has 0 fully saturated rings. The highest BCUT2D eigenvalue weighted by Crippen LogP contribution is 2.26. The average Bonchev–Trinajstić information content (AvgIpc) is 2.81. The highest BCUT2D eigenvalue weighted by molar-refractivity contribution is 7.12. The molecular weight excluding hydrogens is 252 g/mol. The van der Waals surface area contributed by atoms with E-state index >= 15 is 0 Å². The summed E-state index contributed by atoms with van der Waals surface area (Å²) in [5.41, 5.74) is 0.994. The van der Waals surface area contributed by atoms with E-state index in [1.165, 1.54) is 9.75 Å². The third kappa shape index (κ3) is 3.20. The molecular formula is C13H15ClN2S. The van der Waals surface area contributed by atoms with Gasteiger partial charge in [0.1, 0.15) is 5.15 Å². The molecule has 2 heterocycles. The van der Waals surface area contributed by atoms with Crippen LogP contribution in [0.2, 0.25) is 5.15 Å². The number of aromatic nitrogens is 1. The molecule has 0 aliphatic heterocycles. The van der Waals surface area contributed by atoms with Crippen molar-refractivity contribution in [1.82, 2.24) is 4.98 Å². The second-order valence-corrected chi connectivity index (χ2v) is 5.48. The van der Waals surface area contributed by atoms with Gasteiger partial charge >= 0.3 is 0 Å². The minimum atomic E-state index is 0.295. The van der Waals surface area contributed by atoms with E-state index in [0.29, 0.717) is 11.2 Å². The van der Waals surface area contributed by atoms with Crippen molar-refractivity contribution in [3.8, 4) is 0 Å². The molecule has 2 nitrogen and oxygen atoms in total. The van der Waals surface area contributed by atoms with Crippen LogP contribution in [0.15, 0.2) is 30.5 Å². The predicted molar refractivity (Wildman–Crippen MR) is 75.0 cm³/mol. The van der Waals surface area contributed by atoms with Gasteiger partial charge in [0.2, 0.25) is 0 Å². The van der Waals surface area contributed by atoms with Crippen molar-refractivity contribution in [1.29, 1.82) is 0 Å². The Labute approximate surface area is 111 Å². The van der Waals surface area contributed by atoms with Gasteiger partial charge in [-0.3, -0.25) is 0 Å². The SMILES string of the molecule is CCc1ccc(C(C)Nc2ccc(Cl)nc2)s1. The molecule has 1 N–H and O–H groups in total. The number of anilines is 1. The Morgan fingerprint density at radius 2 is 2.18 bits per heavy atom. The lowest BCUT2D eigenvalue weighted by atomic mass is 10.2. The first-order valence-corrected chi connectivity index (χ1v) is 6.85. The van der Waals surface area contributed by atoms with Crippen LogP contribution in [0.5, 0.6) is 0 Å². The van der Waals surface area contributed by atoms with Gasteiger partial charge in [0.05, 0.1) is 17.9 Å². The van der Waals surface area contributed by atoms with Gasteiger partial charge in [0.15, 0.2) is 0 Å². The summed E-state index contributed by atoms with van der Waals surface area (Å²) in [5.74, 6) is 0. The van der Waals surface area contributed by atoms with Crippen LogP contribution in [0.25, 0.3) is 0 Å². The Bertz CT molecular complexity index is 478. The average molecular weight is 267 g/mol. The van der Waals surface area contributed by atoms with Gasteiger partial charge in [0, 0.05) is 9.75 Å². The molecule has 0 amide bonds. The molecule has 0 saturated heterocycles. The summed E-state index contributed by atoms with van der Waals surface area (Å²) >= 11 is 7.60. The highest BCUT2D eigenvalue weighted by atomic mass is 35.5. The van der Waals surface area contributed by atoms with Crippen molar-refractivity contribution >= 4 is 28.6 Å². The molecule has 4 heteroatoms. The second kappa shape index (κ2) is 5.52. The number of rotatable bonds is 4. The minimum Gasteiger partial charge on any atom is -0.376 e. The summed E-state index contributed by atoms with van der Waals surface area (Å²) in [4.78, 5) is 6.82. The van der Waals surface area contributed by atoms with Crippen molar-refractivity contribution in [2.24, 2.45) is 0 Å². The van der Waals surface area contributed by atoms with Gasteiger partial charge in [0.25, 0.3) is 0 Å². The van der Waals surface area contributed by atoms with E-state index in [2.05, 4.69) is 36.3 Å². The van der Waals surface area contributed by atoms with Crippen molar-refractivity contribution < 1.29 is 0 Å². The third-order valence-electron chi connectivity index (χ3n) is 2.57. The summed E-state index contributed by atoms with van der Waals surface area (Å²) < 4.78 is 0. The largest absolute Gasteiger partial charge is 0.376 e. The van der Waals surface area contributed by atoms with Crippen LogP contribution in [-0.2, 0) is 6.42 Å². The normalized spacial score (nSPS) is 12.4. The molecule has 1 atom stereocenters. The van der Waals surface area contributed by atoms with Gasteiger partial charge < -0.3 is 5.32 Å². The third-order valence-corrected chi connectivity index (χ3v) is 4.20. The standard InChI is InChI=1S/C13H15ClN2S/c1-3-11-5-6-12(17-11)9(2)16-10-4-7-13(14)15-8-10/h4-9,16H,3H2,1-2H3. The summed E-state index contributed by atoms with van der Waals surface area (Å²) in [7, 11) is 0. The number of thiophene rings is 1. The smallest absolute Gasteiger partial charge is 0.129 e. The zero-order valence-corrected chi connectivity index (χ0v) is 11.5. The number of pyridine rings is 1. The minimum absolute atomic E-state index is 0.295. The molecule has 17 heavy (non-hydrogen) atoms. The fourth-order valence-corrected chi connectivity index (χ4v) is 2.67. The molecule has 90 valence electrons. The highest BCUT2D eigenvalue weighted by Gasteiger charge is 2.08. The van der Waals surface area contributed by atoms with Crippen molar-refractivity contribution in [3.05, 3.63) is 45.4 Å². The van der Waals surface area contributed by atoms with Gasteiger partial charge in [-0.1, -0.05) is 18.5 Å². The monoisotopic (exact) mass is 266 g/mol. The van der Waals surface area contributed by atoms with Crippen LogP contribution >= 0.6 is 22.9 Å². The van der Waals surface area contributed by atoms with E-state index in [4.69, 9.17) is 11.6 Å². The van der Waals surface area contributed by atoms with Crippen molar-refractivity contribution in [2.45, 2.75) is 26.3 Å². The van der Waals surface area contributed by atoms with Crippen LogP contribution in [0.1, 0.15) is 29.6 Å². The number of hydrogen-bond acceptors (Lipinski definition) is 3. The molecule has 2 aromatic heterocycles.